The van der Waals surface area contributed by atoms with E-state index in [1.807, 2.05) is 23.1 Å². The summed E-state index contributed by atoms with van der Waals surface area (Å²) in [6.45, 7) is 5.36. The third-order valence-electron chi connectivity index (χ3n) is 4.81. The molecule has 0 atom stereocenters. The molecule has 5 nitrogen and oxygen atoms in total. The number of alkyl halides is 3. The average molecular weight is 439 g/mol. The van der Waals surface area contributed by atoms with Gasteiger partial charge < -0.3 is 15.0 Å². The van der Waals surface area contributed by atoms with Crippen LogP contribution in [-0.2, 0) is 17.5 Å². The summed E-state index contributed by atoms with van der Waals surface area (Å²) in [4.78, 5) is 8.63. The van der Waals surface area contributed by atoms with Crippen molar-refractivity contribution in [3.8, 4) is 0 Å². The fourth-order valence-corrected chi connectivity index (χ4v) is 3.50. The minimum absolute atomic E-state index is 0.314. The molecule has 1 aromatic carbocycles. The number of nitrogens with zero attached hydrogens (tertiary/aromatic N) is 3. The molecule has 30 heavy (non-hydrogen) atoms. The molecule has 2 aromatic rings. The van der Waals surface area contributed by atoms with Gasteiger partial charge in [-0.2, -0.15) is 13.2 Å². The van der Waals surface area contributed by atoms with Gasteiger partial charge in [-0.05, 0) is 49.0 Å². The van der Waals surface area contributed by atoms with Crippen molar-refractivity contribution in [2.45, 2.75) is 19.1 Å². The van der Waals surface area contributed by atoms with Gasteiger partial charge in [0.15, 0.2) is 5.11 Å². The fourth-order valence-electron chi connectivity index (χ4n) is 3.23. The molecule has 162 valence electrons. The molecule has 0 amide bonds. The van der Waals surface area contributed by atoms with Gasteiger partial charge in [-0.3, -0.25) is 9.88 Å². The summed E-state index contributed by atoms with van der Waals surface area (Å²) in [6.07, 6.45) is -1.81. The third-order valence-corrected chi connectivity index (χ3v) is 5.17. The van der Waals surface area contributed by atoms with E-state index < -0.39 is 11.7 Å². The van der Waals surface area contributed by atoms with Crippen molar-refractivity contribution in [3.05, 3.63) is 59.9 Å². The lowest BCUT2D eigenvalue weighted by Gasteiger charge is -2.29. The number of benzene rings is 1. The van der Waals surface area contributed by atoms with Crippen LogP contribution in [0.4, 0.5) is 18.9 Å². The van der Waals surface area contributed by atoms with E-state index in [-0.39, 0.29) is 0 Å². The molecule has 0 unspecified atom stereocenters. The van der Waals surface area contributed by atoms with Crippen molar-refractivity contribution >= 4 is 23.0 Å². The lowest BCUT2D eigenvalue weighted by atomic mass is 10.2. The Morgan fingerprint density at radius 1 is 1.17 bits per heavy atom. The van der Waals surface area contributed by atoms with Crippen LogP contribution in [0.2, 0.25) is 0 Å². The first-order valence-corrected chi connectivity index (χ1v) is 10.3. The van der Waals surface area contributed by atoms with E-state index in [2.05, 4.69) is 15.2 Å². The zero-order chi connectivity index (χ0) is 21.4. The van der Waals surface area contributed by atoms with Gasteiger partial charge in [0.05, 0.1) is 31.0 Å². The molecule has 9 heteroatoms. The van der Waals surface area contributed by atoms with E-state index >= 15 is 0 Å². The fraction of sp³-hybridized carbons (Fsp3) is 0.429. The smallest absolute Gasteiger partial charge is 0.379 e. The lowest BCUT2D eigenvalue weighted by molar-refractivity contribution is -0.137. The highest BCUT2D eigenvalue weighted by Gasteiger charge is 2.30. The number of anilines is 1. The van der Waals surface area contributed by atoms with Crippen LogP contribution in [0.15, 0.2) is 48.7 Å². The summed E-state index contributed by atoms with van der Waals surface area (Å²) in [5, 5.41) is 3.34. The van der Waals surface area contributed by atoms with Crippen LogP contribution in [-0.4, -0.2) is 59.3 Å². The number of thiocarbonyl (C=S) groups is 1. The maximum atomic E-state index is 13.0. The van der Waals surface area contributed by atoms with Crippen molar-refractivity contribution in [1.29, 1.82) is 0 Å². The number of morpholine rings is 1. The number of hydrogen-bond donors (Lipinski definition) is 1. The monoisotopic (exact) mass is 438 g/mol. The maximum Gasteiger partial charge on any atom is 0.416 e. The topological polar surface area (TPSA) is 40.6 Å². The van der Waals surface area contributed by atoms with E-state index in [1.165, 1.54) is 6.07 Å². The number of rotatable bonds is 7. The first-order valence-electron chi connectivity index (χ1n) is 9.85. The second-order valence-corrected chi connectivity index (χ2v) is 7.45. The summed E-state index contributed by atoms with van der Waals surface area (Å²) in [5.41, 5.74) is 0.449. The largest absolute Gasteiger partial charge is 0.416 e. The number of hydrogen-bond acceptors (Lipinski definition) is 4. The zero-order valence-corrected chi connectivity index (χ0v) is 17.4. The molecule has 0 aliphatic carbocycles. The Hall–Kier alpha value is -2.23. The van der Waals surface area contributed by atoms with E-state index in [1.54, 1.807) is 12.3 Å². The van der Waals surface area contributed by atoms with Crippen molar-refractivity contribution < 1.29 is 17.9 Å². The Bertz CT molecular complexity index is 813. The highest BCUT2D eigenvalue weighted by Crippen LogP contribution is 2.30. The number of nitrogens with one attached hydrogen (secondary N) is 1. The van der Waals surface area contributed by atoms with E-state index in [0.717, 1.165) is 57.1 Å². The Labute approximate surface area is 179 Å². The van der Waals surface area contributed by atoms with Crippen LogP contribution >= 0.6 is 12.2 Å². The molecule has 3 rings (SSSR count). The molecule has 0 saturated carbocycles. The first kappa shape index (κ1) is 22.5. The van der Waals surface area contributed by atoms with E-state index in [0.29, 0.717) is 23.9 Å². The Kier molecular flexibility index (Phi) is 8.01. The van der Waals surface area contributed by atoms with Gasteiger partial charge >= 0.3 is 6.18 Å². The summed E-state index contributed by atoms with van der Waals surface area (Å²) in [6, 6.07) is 10.7. The van der Waals surface area contributed by atoms with Crippen molar-refractivity contribution in [2.24, 2.45) is 0 Å². The third kappa shape index (κ3) is 6.93. The summed E-state index contributed by atoms with van der Waals surface area (Å²) in [7, 11) is 0. The van der Waals surface area contributed by atoms with Gasteiger partial charge in [-0.15, -0.1) is 0 Å². The van der Waals surface area contributed by atoms with E-state index in [4.69, 9.17) is 17.0 Å². The number of halogens is 3. The highest BCUT2D eigenvalue weighted by atomic mass is 32.1. The summed E-state index contributed by atoms with van der Waals surface area (Å²) in [5.74, 6) is 0. The van der Waals surface area contributed by atoms with Gasteiger partial charge in [0.1, 0.15) is 0 Å². The molecule has 0 radical (unpaired) electrons. The summed E-state index contributed by atoms with van der Waals surface area (Å²) >= 11 is 5.54. The van der Waals surface area contributed by atoms with Crippen molar-refractivity contribution in [1.82, 2.24) is 14.8 Å². The molecule has 1 fully saturated rings. The van der Waals surface area contributed by atoms with Crippen molar-refractivity contribution in [3.63, 3.8) is 0 Å². The number of aromatic nitrogens is 1. The molecule has 1 saturated heterocycles. The van der Waals surface area contributed by atoms with Crippen LogP contribution in [0.5, 0.6) is 0 Å². The van der Waals surface area contributed by atoms with Gasteiger partial charge in [0.25, 0.3) is 0 Å². The van der Waals surface area contributed by atoms with Crippen LogP contribution in [0.1, 0.15) is 17.7 Å². The molecule has 0 spiro atoms. The Morgan fingerprint density at radius 2 is 1.97 bits per heavy atom. The number of pyridine rings is 1. The maximum absolute atomic E-state index is 13.0. The summed E-state index contributed by atoms with van der Waals surface area (Å²) < 4.78 is 44.4. The van der Waals surface area contributed by atoms with Crippen LogP contribution in [0, 0.1) is 0 Å². The standard InChI is InChI=1S/C21H25F3N4OS/c22-21(23,24)17-5-3-7-18(15-17)26-20(30)28(16-19-6-1-2-8-25-19)10-4-9-27-11-13-29-14-12-27/h1-3,5-8,15H,4,9-14,16H2,(H,26,30). The first-order chi connectivity index (χ1) is 14.4. The number of ether oxygens (including phenoxy) is 1. The van der Waals surface area contributed by atoms with Gasteiger partial charge in [0.2, 0.25) is 0 Å². The molecule has 1 aliphatic rings. The second-order valence-electron chi connectivity index (χ2n) is 7.06. The normalized spacial score (nSPS) is 15.0. The Morgan fingerprint density at radius 3 is 2.67 bits per heavy atom. The Balaban J connectivity index is 1.64. The average Bonchev–Trinajstić information content (AvgIpc) is 2.74. The predicted octanol–water partition coefficient (Wildman–Crippen LogP) is 4.02. The van der Waals surface area contributed by atoms with Gasteiger partial charge in [-0.25, -0.2) is 0 Å². The molecular weight excluding hydrogens is 413 g/mol. The molecular formula is C21H25F3N4OS. The minimum atomic E-state index is -4.40. The molecule has 0 bridgehead atoms. The zero-order valence-electron chi connectivity index (χ0n) is 16.6. The van der Waals surface area contributed by atoms with Crippen molar-refractivity contribution in [2.75, 3.05) is 44.7 Å². The minimum Gasteiger partial charge on any atom is -0.379 e. The van der Waals surface area contributed by atoms with Gasteiger partial charge in [0, 0.05) is 38.1 Å². The quantitative estimate of drug-likeness (QED) is 0.659. The SMILES string of the molecule is FC(F)(F)c1cccc(NC(=S)N(CCCN2CCOCC2)Cc2ccccn2)c1. The van der Waals surface area contributed by atoms with E-state index in [9.17, 15) is 13.2 Å². The highest BCUT2D eigenvalue weighted by molar-refractivity contribution is 7.80. The molecule has 1 N–H and O–H groups in total. The van der Waals surface area contributed by atoms with Crippen LogP contribution in [0.3, 0.4) is 0 Å². The molecule has 1 aliphatic heterocycles. The second kappa shape index (κ2) is 10.7. The molecule has 2 heterocycles. The van der Waals surface area contributed by atoms with Gasteiger partial charge in [-0.1, -0.05) is 12.1 Å². The van der Waals surface area contributed by atoms with Crippen LogP contribution in [0.25, 0.3) is 0 Å². The van der Waals surface area contributed by atoms with Crippen LogP contribution < -0.4 is 5.32 Å². The molecule has 1 aromatic heterocycles. The predicted molar refractivity (Wildman–Crippen MR) is 114 cm³/mol. The lowest BCUT2D eigenvalue weighted by Crippen LogP contribution is -2.40.